The maximum Gasteiger partial charge on any atom is 0.246 e. The van der Waals surface area contributed by atoms with Crippen molar-refractivity contribution in [2.24, 2.45) is 11.3 Å². The molecule has 0 spiro atoms. The number of hydrogen-bond donors (Lipinski definition) is 0. The predicted octanol–water partition coefficient (Wildman–Crippen LogP) is 3.57. The Morgan fingerprint density at radius 1 is 1.29 bits per heavy atom. The summed E-state index contributed by atoms with van der Waals surface area (Å²) in [6, 6.07) is 3.13. The second-order valence-electron chi connectivity index (χ2n) is 6.69. The molecule has 0 aromatic carbocycles. The van der Waals surface area contributed by atoms with Gasteiger partial charge in [0.1, 0.15) is 10.0 Å². The molecular weight excluding hydrogens is 308 g/mol. The van der Waals surface area contributed by atoms with Crippen molar-refractivity contribution in [3.05, 3.63) is 23.5 Å². The third-order valence-corrected chi connectivity index (χ3v) is 6.60. The quantitative estimate of drug-likeness (QED) is 0.779. The highest BCUT2D eigenvalue weighted by atomic mass is 35.5. The lowest BCUT2D eigenvalue weighted by Gasteiger charge is -2.29. The molecule has 21 heavy (non-hydrogen) atoms. The van der Waals surface area contributed by atoms with Crippen LogP contribution in [0, 0.1) is 11.3 Å². The predicted molar refractivity (Wildman–Crippen MR) is 84.8 cm³/mol. The molecule has 0 aliphatic carbocycles. The Morgan fingerprint density at radius 3 is 2.62 bits per heavy atom. The number of sulfonamides is 1. The Morgan fingerprint density at radius 2 is 2.00 bits per heavy atom. The van der Waals surface area contributed by atoms with Crippen molar-refractivity contribution in [1.82, 2.24) is 9.29 Å². The maximum absolute atomic E-state index is 12.7. The van der Waals surface area contributed by atoms with Crippen LogP contribution in [0.25, 0.3) is 0 Å². The van der Waals surface area contributed by atoms with E-state index >= 15 is 0 Å². The Hall–Kier alpha value is -0.650. The third-order valence-electron chi connectivity index (χ3n) is 4.25. The van der Waals surface area contributed by atoms with Crippen molar-refractivity contribution >= 4 is 21.6 Å². The monoisotopic (exact) mass is 330 g/mol. The fraction of sp³-hybridized carbons (Fsp3) is 0.667. The van der Waals surface area contributed by atoms with Crippen LogP contribution in [0.1, 0.15) is 40.0 Å². The Kier molecular flexibility index (Phi) is 4.96. The fourth-order valence-corrected chi connectivity index (χ4v) is 4.80. The Balaban J connectivity index is 2.21. The van der Waals surface area contributed by atoms with Crippen molar-refractivity contribution in [3.8, 4) is 0 Å². The molecule has 0 N–H and O–H groups in total. The van der Waals surface area contributed by atoms with Crippen LogP contribution in [0.2, 0.25) is 5.15 Å². The molecule has 2 rings (SSSR count). The molecule has 1 aromatic heterocycles. The van der Waals surface area contributed by atoms with E-state index in [9.17, 15) is 8.42 Å². The zero-order chi connectivity index (χ0) is 15.7. The minimum absolute atomic E-state index is 0.0501. The molecule has 1 saturated heterocycles. The zero-order valence-electron chi connectivity index (χ0n) is 12.8. The SMILES string of the molecule is CC(C)(C)C1CCCN(S(=O)(=O)c2cccnc2Cl)CC1. The van der Waals surface area contributed by atoms with E-state index in [1.165, 1.54) is 12.3 Å². The first kappa shape index (κ1) is 16.7. The van der Waals surface area contributed by atoms with Crippen LogP contribution in [0.5, 0.6) is 0 Å². The van der Waals surface area contributed by atoms with Crippen LogP contribution in [0.4, 0.5) is 0 Å². The highest BCUT2D eigenvalue weighted by Gasteiger charge is 2.32. The van der Waals surface area contributed by atoms with Crippen LogP contribution < -0.4 is 0 Å². The molecule has 1 unspecified atom stereocenters. The summed E-state index contributed by atoms with van der Waals surface area (Å²) >= 11 is 5.95. The van der Waals surface area contributed by atoms with Gasteiger partial charge in [0, 0.05) is 19.3 Å². The van der Waals surface area contributed by atoms with E-state index in [-0.39, 0.29) is 15.5 Å². The van der Waals surface area contributed by atoms with Gasteiger partial charge in [-0.1, -0.05) is 32.4 Å². The van der Waals surface area contributed by atoms with Gasteiger partial charge in [0.15, 0.2) is 0 Å². The fourth-order valence-electron chi connectivity index (χ4n) is 2.88. The lowest BCUT2D eigenvalue weighted by molar-refractivity contribution is 0.217. The summed E-state index contributed by atoms with van der Waals surface area (Å²) in [6.45, 7) is 7.77. The minimum atomic E-state index is -3.55. The van der Waals surface area contributed by atoms with Gasteiger partial charge < -0.3 is 0 Å². The van der Waals surface area contributed by atoms with Crippen molar-refractivity contribution < 1.29 is 8.42 Å². The average molecular weight is 331 g/mol. The van der Waals surface area contributed by atoms with Gasteiger partial charge in [0.25, 0.3) is 0 Å². The van der Waals surface area contributed by atoms with Crippen LogP contribution in [0.3, 0.4) is 0 Å². The van der Waals surface area contributed by atoms with Crippen molar-refractivity contribution in [3.63, 3.8) is 0 Å². The number of halogens is 1. The van der Waals surface area contributed by atoms with E-state index in [0.717, 1.165) is 19.3 Å². The van der Waals surface area contributed by atoms with Crippen LogP contribution >= 0.6 is 11.6 Å². The molecule has 0 radical (unpaired) electrons. The number of rotatable bonds is 2. The molecule has 0 amide bonds. The molecule has 0 bridgehead atoms. The van der Waals surface area contributed by atoms with Crippen LogP contribution in [-0.4, -0.2) is 30.8 Å². The summed E-state index contributed by atoms with van der Waals surface area (Å²) in [5, 5.41) is 0.0501. The number of nitrogens with zero attached hydrogens (tertiary/aromatic N) is 2. The van der Waals surface area contributed by atoms with E-state index in [4.69, 9.17) is 11.6 Å². The van der Waals surface area contributed by atoms with E-state index in [1.54, 1.807) is 10.4 Å². The molecule has 118 valence electrons. The summed E-state index contributed by atoms with van der Waals surface area (Å²) in [5.74, 6) is 0.544. The smallest absolute Gasteiger partial charge is 0.243 e. The highest BCUT2D eigenvalue weighted by molar-refractivity contribution is 7.89. The lowest BCUT2D eigenvalue weighted by atomic mass is 9.77. The first-order valence-corrected chi connectivity index (χ1v) is 9.15. The molecule has 0 saturated carbocycles. The summed E-state index contributed by atoms with van der Waals surface area (Å²) in [6.07, 6.45) is 4.34. The van der Waals surface area contributed by atoms with E-state index in [2.05, 4.69) is 25.8 Å². The molecule has 6 heteroatoms. The molecule has 1 atom stereocenters. The average Bonchev–Trinajstić information content (AvgIpc) is 2.64. The minimum Gasteiger partial charge on any atom is -0.243 e. The van der Waals surface area contributed by atoms with Gasteiger partial charge in [0.2, 0.25) is 10.0 Å². The van der Waals surface area contributed by atoms with Crippen molar-refractivity contribution in [2.45, 2.75) is 44.9 Å². The van der Waals surface area contributed by atoms with Gasteiger partial charge in [0.05, 0.1) is 0 Å². The topological polar surface area (TPSA) is 50.3 Å². The summed E-state index contributed by atoms with van der Waals surface area (Å²) in [5.41, 5.74) is 0.214. The Bertz CT molecular complexity index is 596. The molecule has 4 nitrogen and oxygen atoms in total. The number of hydrogen-bond acceptors (Lipinski definition) is 3. The normalized spacial score (nSPS) is 22.0. The summed E-state index contributed by atoms with van der Waals surface area (Å²) in [4.78, 5) is 3.99. The molecule has 1 aliphatic heterocycles. The van der Waals surface area contributed by atoms with E-state index in [1.807, 2.05) is 0 Å². The van der Waals surface area contributed by atoms with Gasteiger partial charge in [-0.3, -0.25) is 0 Å². The van der Waals surface area contributed by atoms with E-state index in [0.29, 0.717) is 19.0 Å². The number of aromatic nitrogens is 1. The summed E-state index contributed by atoms with van der Waals surface area (Å²) < 4.78 is 27.0. The Labute approximate surface area is 132 Å². The first-order chi connectivity index (χ1) is 9.73. The third kappa shape index (κ3) is 3.76. The zero-order valence-corrected chi connectivity index (χ0v) is 14.4. The van der Waals surface area contributed by atoms with Crippen LogP contribution in [-0.2, 0) is 10.0 Å². The van der Waals surface area contributed by atoms with Crippen LogP contribution in [0.15, 0.2) is 23.2 Å². The molecule has 2 heterocycles. The second-order valence-corrected chi connectivity index (χ2v) is 8.95. The molecule has 1 aromatic rings. The number of pyridine rings is 1. The standard InChI is InChI=1S/C15H23ClN2O2S/c1-15(2,3)12-6-5-10-18(11-8-12)21(19,20)13-7-4-9-17-14(13)16/h4,7,9,12H,5-6,8,10-11H2,1-3H3. The molecular formula is C15H23ClN2O2S. The lowest BCUT2D eigenvalue weighted by Crippen LogP contribution is -2.33. The van der Waals surface area contributed by atoms with Crippen molar-refractivity contribution in [2.75, 3.05) is 13.1 Å². The highest BCUT2D eigenvalue weighted by Crippen LogP contribution is 2.35. The largest absolute Gasteiger partial charge is 0.246 e. The van der Waals surface area contributed by atoms with Gasteiger partial charge in [-0.25, -0.2) is 13.4 Å². The van der Waals surface area contributed by atoms with Gasteiger partial charge in [-0.2, -0.15) is 4.31 Å². The van der Waals surface area contributed by atoms with Gasteiger partial charge in [-0.05, 0) is 42.7 Å². The first-order valence-electron chi connectivity index (χ1n) is 7.33. The second kappa shape index (κ2) is 6.23. The summed E-state index contributed by atoms with van der Waals surface area (Å²) in [7, 11) is -3.55. The van der Waals surface area contributed by atoms with Gasteiger partial charge in [-0.15, -0.1) is 0 Å². The molecule has 1 aliphatic rings. The maximum atomic E-state index is 12.7. The van der Waals surface area contributed by atoms with Gasteiger partial charge >= 0.3 is 0 Å². The van der Waals surface area contributed by atoms with E-state index < -0.39 is 10.0 Å². The molecule has 1 fully saturated rings. The van der Waals surface area contributed by atoms with Crippen molar-refractivity contribution in [1.29, 1.82) is 0 Å².